The molecule has 0 bridgehead atoms. The Morgan fingerprint density at radius 3 is 2.56 bits per heavy atom. The molecule has 5 nitrogen and oxygen atoms in total. The molecule has 0 aliphatic carbocycles. The second-order valence-corrected chi connectivity index (χ2v) is 6.59. The molecular formula is C21H18ClN3O2. The van der Waals surface area contributed by atoms with Crippen LogP contribution in [0.5, 0.6) is 0 Å². The molecule has 0 saturated carbocycles. The molecule has 27 heavy (non-hydrogen) atoms. The number of nitriles is 1. The summed E-state index contributed by atoms with van der Waals surface area (Å²) < 4.78 is 0. The summed E-state index contributed by atoms with van der Waals surface area (Å²) in [6, 6.07) is 15.7. The van der Waals surface area contributed by atoms with Crippen LogP contribution in [-0.4, -0.2) is 18.4 Å². The van der Waals surface area contributed by atoms with E-state index in [1.807, 2.05) is 25.1 Å². The maximum Gasteiger partial charge on any atom is 0.267 e. The van der Waals surface area contributed by atoms with Crippen molar-refractivity contribution in [3.8, 4) is 6.07 Å². The van der Waals surface area contributed by atoms with E-state index in [2.05, 4.69) is 5.32 Å². The molecule has 2 aromatic carbocycles. The lowest BCUT2D eigenvalue weighted by Gasteiger charge is -2.16. The fourth-order valence-electron chi connectivity index (χ4n) is 3.01. The van der Waals surface area contributed by atoms with E-state index in [-0.39, 0.29) is 17.1 Å². The van der Waals surface area contributed by atoms with Crippen LogP contribution in [0.15, 0.2) is 54.1 Å². The van der Waals surface area contributed by atoms with Gasteiger partial charge in [-0.2, -0.15) is 5.26 Å². The molecule has 1 N–H and O–H groups in total. The standard InChI is InChI=1S/C21H18ClN3O2/c1-2-3-12-25-18-7-5-4-6-16(18)19(21(25)27)17(13-23)20(26)24-15-10-8-14(22)9-11-15/h4-11H,2-3,12H2,1H3,(H,24,26)/b19-17+. The predicted octanol–water partition coefficient (Wildman–Crippen LogP) is 4.40. The van der Waals surface area contributed by atoms with Crippen LogP contribution in [0.1, 0.15) is 25.3 Å². The summed E-state index contributed by atoms with van der Waals surface area (Å²) in [6.07, 6.45) is 1.78. The minimum atomic E-state index is -0.615. The highest BCUT2D eigenvalue weighted by atomic mass is 35.5. The van der Waals surface area contributed by atoms with Crippen LogP contribution in [-0.2, 0) is 9.59 Å². The highest BCUT2D eigenvalue weighted by Crippen LogP contribution is 2.38. The summed E-state index contributed by atoms with van der Waals surface area (Å²) in [4.78, 5) is 27.3. The largest absolute Gasteiger partial charge is 0.321 e. The van der Waals surface area contributed by atoms with Gasteiger partial charge in [-0.3, -0.25) is 9.59 Å². The van der Waals surface area contributed by atoms with Crippen molar-refractivity contribution in [3.63, 3.8) is 0 Å². The highest BCUT2D eigenvalue weighted by molar-refractivity contribution is 6.37. The molecule has 0 spiro atoms. The molecule has 0 unspecified atom stereocenters. The third-order valence-corrected chi connectivity index (χ3v) is 4.60. The third kappa shape index (κ3) is 3.71. The van der Waals surface area contributed by atoms with Gasteiger partial charge >= 0.3 is 0 Å². The van der Waals surface area contributed by atoms with E-state index in [0.29, 0.717) is 22.8 Å². The number of fused-ring (bicyclic) bond motifs is 1. The van der Waals surface area contributed by atoms with Crippen molar-refractivity contribution in [3.05, 3.63) is 64.7 Å². The van der Waals surface area contributed by atoms with Gasteiger partial charge in [0.1, 0.15) is 11.6 Å². The Morgan fingerprint density at radius 2 is 1.89 bits per heavy atom. The Kier molecular flexibility index (Phi) is 5.58. The zero-order valence-corrected chi connectivity index (χ0v) is 15.6. The molecule has 3 rings (SSSR count). The van der Waals surface area contributed by atoms with E-state index in [9.17, 15) is 14.9 Å². The summed E-state index contributed by atoms with van der Waals surface area (Å²) in [6.45, 7) is 2.59. The molecule has 2 amide bonds. The Balaban J connectivity index is 2.00. The van der Waals surface area contributed by atoms with E-state index >= 15 is 0 Å². The molecule has 0 aromatic heterocycles. The van der Waals surface area contributed by atoms with Gasteiger partial charge in [-0.25, -0.2) is 0 Å². The number of carbonyl (C=O) groups is 2. The van der Waals surface area contributed by atoms with Crippen LogP contribution in [0.4, 0.5) is 11.4 Å². The molecule has 1 aliphatic heterocycles. The molecule has 0 saturated heterocycles. The van der Waals surface area contributed by atoms with Gasteiger partial charge in [-0.15, -0.1) is 0 Å². The number of amides is 2. The maximum absolute atomic E-state index is 13.0. The molecule has 1 heterocycles. The van der Waals surface area contributed by atoms with Crippen molar-refractivity contribution in [2.75, 3.05) is 16.8 Å². The van der Waals surface area contributed by atoms with E-state index in [4.69, 9.17) is 11.6 Å². The van der Waals surface area contributed by atoms with E-state index < -0.39 is 5.91 Å². The van der Waals surface area contributed by atoms with Crippen molar-refractivity contribution in [2.45, 2.75) is 19.8 Å². The lowest BCUT2D eigenvalue weighted by Crippen LogP contribution is -2.28. The SMILES string of the molecule is CCCCN1C(=O)/C(=C(\C#N)C(=O)Nc2ccc(Cl)cc2)c2ccccc21. The number of nitrogens with zero attached hydrogens (tertiary/aromatic N) is 2. The Labute approximate surface area is 162 Å². The first-order valence-electron chi connectivity index (χ1n) is 8.69. The second-order valence-electron chi connectivity index (χ2n) is 6.15. The van der Waals surface area contributed by atoms with E-state index in [0.717, 1.165) is 18.5 Å². The van der Waals surface area contributed by atoms with Crippen LogP contribution >= 0.6 is 11.6 Å². The van der Waals surface area contributed by atoms with Crippen molar-refractivity contribution >= 4 is 40.4 Å². The average Bonchev–Trinajstić information content (AvgIpc) is 2.95. The summed E-state index contributed by atoms with van der Waals surface area (Å²) in [5, 5.41) is 12.8. The van der Waals surface area contributed by atoms with Crippen LogP contribution in [0, 0.1) is 11.3 Å². The van der Waals surface area contributed by atoms with Crippen LogP contribution in [0.25, 0.3) is 5.57 Å². The normalized spacial score (nSPS) is 14.6. The van der Waals surface area contributed by atoms with Crippen LogP contribution in [0.2, 0.25) is 5.02 Å². The second kappa shape index (κ2) is 8.07. The number of benzene rings is 2. The summed E-state index contributed by atoms with van der Waals surface area (Å²) in [7, 11) is 0. The fraction of sp³-hybridized carbons (Fsp3) is 0.190. The number of unbranched alkanes of at least 4 members (excludes halogenated alkanes) is 1. The van der Waals surface area contributed by atoms with Gasteiger partial charge in [0.15, 0.2) is 0 Å². The summed E-state index contributed by atoms with van der Waals surface area (Å²) in [5.74, 6) is -0.928. The van der Waals surface area contributed by atoms with Crippen molar-refractivity contribution in [1.82, 2.24) is 0 Å². The zero-order valence-electron chi connectivity index (χ0n) is 14.8. The minimum Gasteiger partial charge on any atom is -0.321 e. The number of carbonyl (C=O) groups excluding carboxylic acids is 2. The molecule has 6 heteroatoms. The molecule has 1 aliphatic rings. The lowest BCUT2D eigenvalue weighted by molar-refractivity contribution is -0.114. The Morgan fingerprint density at radius 1 is 1.19 bits per heavy atom. The number of halogens is 1. The third-order valence-electron chi connectivity index (χ3n) is 4.35. The lowest BCUT2D eigenvalue weighted by atomic mass is 10.0. The minimum absolute atomic E-state index is 0.149. The van der Waals surface area contributed by atoms with E-state index in [1.165, 1.54) is 0 Å². The molecule has 2 aromatic rings. The first-order valence-corrected chi connectivity index (χ1v) is 9.07. The highest BCUT2D eigenvalue weighted by Gasteiger charge is 2.35. The van der Waals surface area contributed by atoms with Crippen LogP contribution in [0.3, 0.4) is 0 Å². The van der Waals surface area contributed by atoms with Gasteiger partial charge in [0.2, 0.25) is 0 Å². The fourth-order valence-corrected chi connectivity index (χ4v) is 3.13. The quantitative estimate of drug-likeness (QED) is 0.618. The predicted molar refractivity (Wildman–Crippen MR) is 106 cm³/mol. The number of hydrogen-bond acceptors (Lipinski definition) is 3. The van der Waals surface area contributed by atoms with Crippen molar-refractivity contribution in [2.24, 2.45) is 0 Å². The summed E-state index contributed by atoms with van der Waals surface area (Å²) >= 11 is 5.85. The first kappa shape index (κ1) is 18.7. The smallest absolute Gasteiger partial charge is 0.267 e. The molecule has 0 radical (unpaired) electrons. The Bertz CT molecular complexity index is 958. The number of anilines is 2. The molecule has 0 fully saturated rings. The molecule has 0 atom stereocenters. The molecule has 136 valence electrons. The topological polar surface area (TPSA) is 73.2 Å². The van der Waals surface area contributed by atoms with Crippen LogP contribution < -0.4 is 10.2 Å². The van der Waals surface area contributed by atoms with Gasteiger partial charge in [0.25, 0.3) is 11.8 Å². The van der Waals surface area contributed by atoms with Gasteiger partial charge in [-0.05, 0) is 36.8 Å². The van der Waals surface area contributed by atoms with Crippen molar-refractivity contribution < 1.29 is 9.59 Å². The number of rotatable bonds is 5. The van der Waals surface area contributed by atoms with Gasteiger partial charge in [-0.1, -0.05) is 43.1 Å². The number of nitrogens with one attached hydrogen (secondary N) is 1. The maximum atomic E-state index is 13.0. The zero-order chi connectivity index (χ0) is 19.4. The van der Waals surface area contributed by atoms with Gasteiger partial charge in [0.05, 0.1) is 11.3 Å². The number of para-hydroxylation sites is 1. The van der Waals surface area contributed by atoms with E-state index in [1.54, 1.807) is 41.3 Å². The van der Waals surface area contributed by atoms with Gasteiger partial charge < -0.3 is 10.2 Å². The molecular weight excluding hydrogens is 362 g/mol. The Hall–Kier alpha value is -3.10. The average molecular weight is 380 g/mol. The monoisotopic (exact) mass is 379 g/mol. The van der Waals surface area contributed by atoms with Gasteiger partial charge in [0, 0.05) is 22.8 Å². The summed E-state index contributed by atoms with van der Waals surface area (Å²) in [5.41, 5.74) is 1.80. The first-order chi connectivity index (χ1) is 13.1. The number of hydrogen-bond donors (Lipinski definition) is 1. The van der Waals surface area contributed by atoms with Crippen molar-refractivity contribution in [1.29, 1.82) is 5.26 Å².